The summed E-state index contributed by atoms with van der Waals surface area (Å²) in [7, 11) is 0. The van der Waals surface area contributed by atoms with Gasteiger partial charge in [0, 0.05) is 0 Å². The fourth-order valence-electron chi connectivity index (χ4n) is 0.513. The molecule has 0 heterocycles. The normalized spacial score (nSPS) is 19.6. The van der Waals surface area contributed by atoms with E-state index in [0.717, 1.165) is 4.31 Å². The molecule has 0 bridgehead atoms. The Bertz CT molecular complexity index is 90.7. The van der Waals surface area contributed by atoms with Gasteiger partial charge >= 0.3 is 52.5 Å². The van der Waals surface area contributed by atoms with Gasteiger partial charge in [0.25, 0.3) is 0 Å². The van der Waals surface area contributed by atoms with Crippen LogP contribution in [0.4, 0.5) is 0 Å². The average molecular weight is 275 g/mol. The van der Waals surface area contributed by atoms with E-state index < -0.39 is 0 Å². The first-order chi connectivity index (χ1) is 3.43. The zero-order valence-electron chi connectivity index (χ0n) is 4.20. The van der Waals surface area contributed by atoms with Crippen molar-refractivity contribution in [2.24, 2.45) is 0 Å². The molecule has 0 N–H and O–H groups in total. The molecule has 0 aromatic rings. The Morgan fingerprint density at radius 1 is 1.29 bits per heavy atom. The number of hydrogen-bond donors (Lipinski definition) is 0. The van der Waals surface area contributed by atoms with Gasteiger partial charge in [-0.15, -0.1) is 0 Å². The van der Waals surface area contributed by atoms with E-state index in [2.05, 4.69) is 29.6 Å². The first kappa shape index (κ1) is 5.31. The summed E-state index contributed by atoms with van der Waals surface area (Å²) in [4.78, 5) is 0. The van der Waals surface area contributed by atoms with E-state index >= 15 is 0 Å². The molecule has 0 unspecified atom stereocenters. The molecule has 7 heavy (non-hydrogen) atoms. The van der Waals surface area contributed by atoms with Crippen LogP contribution in [0.15, 0.2) is 24.3 Å². The predicted octanol–water partition coefficient (Wildman–Crippen LogP) is 2.03. The summed E-state index contributed by atoms with van der Waals surface area (Å²) in [6, 6.07) is 0. The summed E-state index contributed by atoms with van der Waals surface area (Å²) in [5, 5.41) is 2.31. The number of rotatable bonds is 1. The van der Waals surface area contributed by atoms with Gasteiger partial charge in [-0.1, -0.05) is 0 Å². The van der Waals surface area contributed by atoms with E-state index in [9.17, 15) is 0 Å². The van der Waals surface area contributed by atoms with E-state index in [1.807, 2.05) is 0 Å². The van der Waals surface area contributed by atoms with E-state index in [1.165, 1.54) is 0 Å². The zero-order chi connectivity index (χ0) is 5.11. The molecule has 0 aromatic heterocycles. The second kappa shape index (κ2) is 2.47. The van der Waals surface area contributed by atoms with Crippen LogP contribution >= 0.6 is 0 Å². The van der Waals surface area contributed by atoms with Crippen molar-refractivity contribution in [3.8, 4) is 0 Å². The van der Waals surface area contributed by atoms with Crippen molar-refractivity contribution in [2.75, 3.05) is 0 Å². The summed E-state index contributed by atoms with van der Waals surface area (Å²) in [5.41, 5.74) is 0. The third-order valence-corrected chi connectivity index (χ3v) is 3.28. The van der Waals surface area contributed by atoms with Crippen LogP contribution in [0.5, 0.6) is 0 Å². The molecule has 0 saturated carbocycles. The van der Waals surface area contributed by atoms with Crippen molar-refractivity contribution >= 4 is 0 Å². The standard InChI is InChI=1S/C5H5.CH3.Pt/c1-2-4-5-3-1;;/h1-5H;1H3;. The third-order valence-electron chi connectivity index (χ3n) is 0.888. The van der Waals surface area contributed by atoms with Crippen molar-refractivity contribution in [1.29, 1.82) is 0 Å². The summed E-state index contributed by atoms with van der Waals surface area (Å²) in [5.74, 6) is 0. The van der Waals surface area contributed by atoms with Crippen LogP contribution in [0, 0.1) is 0 Å². The first-order valence-electron chi connectivity index (χ1n) is 2.17. The Morgan fingerprint density at radius 3 is 2.14 bits per heavy atom. The van der Waals surface area contributed by atoms with Crippen LogP contribution in [0.2, 0.25) is 9.62 Å². The van der Waals surface area contributed by atoms with Crippen LogP contribution < -0.4 is 0 Å². The summed E-state index contributed by atoms with van der Waals surface area (Å²) < 4.78 is 0.847. The Morgan fingerprint density at radius 2 is 1.86 bits per heavy atom. The van der Waals surface area contributed by atoms with Gasteiger partial charge in [0.05, 0.1) is 0 Å². The van der Waals surface area contributed by atoms with Crippen molar-refractivity contribution in [3.63, 3.8) is 0 Å². The van der Waals surface area contributed by atoms with Crippen LogP contribution in [0.3, 0.4) is 0 Å². The van der Waals surface area contributed by atoms with Gasteiger partial charge in [-0.05, 0) is 0 Å². The fraction of sp³-hybridized carbons (Fsp3) is 0.333. The number of allylic oxidation sites excluding steroid dienone is 4. The van der Waals surface area contributed by atoms with Crippen molar-refractivity contribution in [3.05, 3.63) is 24.3 Å². The van der Waals surface area contributed by atoms with Crippen LogP contribution in [0.1, 0.15) is 0 Å². The molecular weight excluding hydrogens is 267 g/mol. The van der Waals surface area contributed by atoms with E-state index in [1.54, 1.807) is 0 Å². The zero-order valence-corrected chi connectivity index (χ0v) is 6.48. The Balaban J connectivity index is 2.44. The van der Waals surface area contributed by atoms with Gasteiger partial charge in [-0.25, -0.2) is 0 Å². The quantitative estimate of drug-likeness (QED) is 0.687. The molecule has 0 fully saturated rings. The Kier molecular flexibility index (Phi) is 1.87. The van der Waals surface area contributed by atoms with E-state index in [0.29, 0.717) is 18.6 Å². The molecule has 0 nitrogen and oxygen atoms in total. The molecule has 0 aliphatic heterocycles. The molecule has 0 saturated heterocycles. The second-order valence-corrected chi connectivity index (χ2v) is 4.18. The van der Waals surface area contributed by atoms with Crippen LogP contribution in [0.25, 0.3) is 0 Å². The molecule has 42 valence electrons. The van der Waals surface area contributed by atoms with Crippen molar-refractivity contribution in [1.82, 2.24) is 0 Å². The molecule has 0 spiro atoms. The monoisotopic (exact) mass is 275 g/mol. The SMILES string of the molecule is [CH3][Pt][CH]1C=CC=C1. The van der Waals surface area contributed by atoms with Gasteiger partial charge in [0.15, 0.2) is 0 Å². The maximum absolute atomic E-state index is 2.31. The van der Waals surface area contributed by atoms with E-state index in [4.69, 9.17) is 0 Å². The topological polar surface area (TPSA) is 0 Å². The predicted molar refractivity (Wildman–Crippen MR) is 27.9 cm³/mol. The third kappa shape index (κ3) is 1.27. The Hall–Kier alpha value is 0.168. The molecule has 1 aliphatic carbocycles. The van der Waals surface area contributed by atoms with Crippen molar-refractivity contribution in [2.45, 2.75) is 9.62 Å². The van der Waals surface area contributed by atoms with E-state index in [-0.39, 0.29) is 0 Å². The molecule has 1 rings (SSSR count). The van der Waals surface area contributed by atoms with Crippen molar-refractivity contribution < 1.29 is 18.6 Å². The number of hydrogen-bond acceptors (Lipinski definition) is 0. The van der Waals surface area contributed by atoms with Gasteiger partial charge in [0.1, 0.15) is 0 Å². The fourth-order valence-corrected chi connectivity index (χ4v) is 1.89. The van der Waals surface area contributed by atoms with Gasteiger partial charge in [-0.3, -0.25) is 0 Å². The maximum atomic E-state index is 2.31. The Labute approximate surface area is 52.8 Å². The summed E-state index contributed by atoms with van der Waals surface area (Å²) >= 11 is 0.422. The molecule has 0 radical (unpaired) electrons. The molecular formula is C6H8Pt. The van der Waals surface area contributed by atoms with Crippen LogP contribution in [-0.2, 0) is 18.6 Å². The minimum atomic E-state index is 0.422. The van der Waals surface area contributed by atoms with Gasteiger partial charge in [-0.2, -0.15) is 0 Å². The molecule has 0 aromatic carbocycles. The molecule has 1 heteroatoms. The van der Waals surface area contributed by atoms with Gasteiger partial charge in [0.2, 0.25) is 0 Å². The molecule has 0 amide bonds. The first-order valence-corrected chi connectivity index (χ1v) is 5.75. The minimum absolute atomic E-state index is 0.422. The van der Waals surface area contributed by atoms with Gasteiger partial charge < -0.3 is 0 Å². The molecule has 1 aliphatic rings. The summed E-state index contributed by atoms with van der Waals surface area (Å²) in [6.07, 6.45) is 8.81. The average Bonchev–Trinajstić information content (AvgIpc) is 2.14. The summed E-state index contributed by atoms with van der Waals surface area (Å²) in [6.45, 7) is 0. The van der Waals surface area contributed by atoms with Crippen LogP contribution in [-0.4, -0.2) is 0 Å². The second-order valence-electron chi connectivity index (χ2n) is 1.36. The molecule has 0 atom stereocenters.